The number of halogens is 1. The number of nitrogens with two attached hydrogens (primary N) is 1. The first kappa shape index (κ1) is 13.0. The van der Waals surface area contributed by atoms with E-state index in [1.807, 2.05) is 18.2 Å². The summed E-state index contributed by atoms with van der Waals surface area (Å²) in [7, 11) is 3.06. The fourth-order valence-corrected chi connectivity index (χ4v) is 1.70. The van der Waals surface area contributed by atoms with E-state index in [1.54, 1.807) is 13.2 Å². The quantitative estimate of drug-likeness (QED) is 0.831. The molecule has 0 fully saturated rings. The number of benzene rings is 2. The maximum atomic E-state index is 13.8. The van der Waals surface area contributed by atoms with Crippen molar-refractivity contribution >= 4 is 17.1 Å². The molecule has 0 atom stereocenters. The zero-order chi connectivity index (χ0) is 13.8. The zero-order valence-corrected chi connectivity index (χ0v) is 10.7. The highest BCUT2D eigenvalue weighted by molar-refractivity contribution is 5.68. The molecule has 0 aliphatic carbocycles. The monoisotopic (exact) mass is 262 g/mol. The molecule has 0 saturated carbocycles. The summed E-state index contributed by atoms with van der Waals surface area (Å²) in [4.78, 5) is 0. The van der Waals surface area contributed by atoms with Crippen LogP contribution in [0.25, 0.3) is 0 Å². The molecule has 0 unspecified atom stereocenters. The van der Waals surface area contributed by atoms with Crippen LogP contribution in [-0.2, 0) is 0 Å². The van der Waals surface area contributed by atoms with E-state index in [0.29, 0.717) is 22.9 Å². The topological polar surface area (TPSA) is 56.5 Å². The van der Waals surface area contributed by atoms with Gasteiger partial charge in [-0.3, -0.25) is 0 Å². The van der Waals surface area contributed by atoms with Gasteiger partial charge >= 0.3 is 0 Å². The SMILES string of the molecule is COc1cccc(Nc2cc(OC)c(N)cc2F)c1. The van der Waals surface area contributed by atoms with Crippen LogP contribution in [0.15, 0.2) is 36.4 Å². The minimum absolute atomic E-state index is 0.260. The van der Waals surface area contributed by atoms with Crippen LogP contribution in [0.5, 0.6) is 11.5 Å². The molecule has 100 valence electrons. The maximum Gasteiger partial charge on any atom is 0.148 e. The molecule has 0 spiro atoms. The van der Waals surface area contributed by atoms with Crippen LogP contribution in [-0.4, -0.2) is 14.2 Å². The number of methoxy groups -OCH3 is 2. The summed E-state index contributed by atoms with van der Waals surface area (Å²) < 4.78 is 24.0. The highest BCUT2D eigenvalue weighted by atomic mass is 19.1. The molecule has 0 saturated heterocycles. The average Bonchev–Trinajstić information content (AvgIpc) is 2.42. The molecule has 2 rings (SSSR count). The van der Waals surface area contributed by atoms with Gasteiger partial charge in [0.1, 0.15) is 17.3 Å². The predicted octanol–water partition coefficient (Wildman–Crippen LogP) is 3.17. The molecule has 4 nitrogen and oxygen atoms in total. The lowest BCUT2D eigenvalue weighted by Gasteiger charge is -2.12. The zero-order valence-electron chi connectivity index (χ0n) is 10.7. The van der Waals surface area contributed by atoms with E-state index in [1.165, 1.54) is 19.2 Å². The van der Waals surface area contributed by atoms with Crippen molar-refractivity contribution in [3.63, 3.8) is 0 Å². The molecule has 0 aromatic heterocycles. The molecule has 0 amide bonds. The Balaban J connectivity index is 2.32. The number of rotatable bonds is 4. The van der Waals surface area contributed by atoms with Gasteiger partial charge in [0.15, 0.2) is 0 Å². The number of hydrogen-bond acceptors (Lipinski definition) is 4. The standard InChI is InChI=1S/C14H15FN2O2/c1-18-10-5-3-4-9(6-10)17-13-8-14(19-2)12(16)7-11(13)15/h3-8,17H,16H2,1-2H3. The number of nitrogen functional groups attached to an aromatic ring is 1. The van der Waals surface area contributed by atoms with Gasteiger partial charge in [0.05, 0.1) is 25.6 Å². The minimum Gasteiger partial charge on any atom is -0.497 e. The van der Waals surface area contributed by atoms with E-state index in [2.05, 4.69) is 5.32 Å². The summed E-state index contributed by atoms with van der Waals surface area (Å²) in [6, 6.07) is 9.94. The molecular weight excluding hydrogens is 247 g/mol. The lowest BCUT2D eigenvalue weighted by molar-refractivity contribution is 0.415. The molecule has 3 N–H and O–H groups in total. The fourth-order valence-electron chi connectivity index (χ4n) is 1.70. The van der Waals surface area contributed by atoms with Gasteiger partial charge in [-0.15, -0.1) is 0 Å². The van der Waals surface area contributed by atoms with Gasteiger partial charge in [-0.05, 0) is 12.1 Å². The van der Waals surface area contributed by atoms with Crippen LogP contribution in [0.2, 0.25) is 0 Å². The molecule has 2 aromatic rings. The molecule has 0 radical (unpaired) electrons. The molecular formula is C14H15FN2O2. The van der Waals surface area contributed by atoms with Gasteiger partial charge in [-0.25, -0.2) is 4.39 Å². The van der Waals surface area contributed by atoms with E-state index in [4.69, 9.17) is 15.2 Å². The largest absolute Gasteiger partial charge is 0.497 e. The summed E-state index contributed by atoms with van der Waals surface area (Å²) in [5, 5.41) is 2.96. The average molecular weight is 262 g/mol. The first-order valence-electron chi connectivity index (χ1n) is 5.68. The van der Waals surface area contributed by atoms with Crippen molar-refractivity contribution in [2.75, 3.05) is 25.3 Å². The summed E-state index contributed by atoms with van der Waals surface area (Å²) in [6.07, 6.45) is 0. The lowest BCUT2D eigenvalue weighted by Crippen LogP contribution is -1.99. The van der Waals surface area contributed by atoms with Crippen LogP contribution >= 0.6 is 0 Å². The van der Waals surface area contributed by atoms with Crippen molar-refractivity contribution in [2.24, 2.45) is 0 Å². The molecule has 0 aliphatic rings. The van der Waals surface area contributed by atoms with Gasteiger partial charge in [-0.2, -0.15) is 0 Å². The molecule has 2 aromatic carbocycles. The van der Waals surface area contributed by atoms with Gasteiger partial charge in [0, 0.05) is 23.9 Å². The Morgan fingerprint density at radius 2 is 1.89 bits per heavy atom. The van der Waals surface area contributed by atoms with Gasteiger partial charge in [0.25, 0.3) is 0 Å². The van der Waals surface area contributed by atoms with Crippen LogP contribution < -0.4 is 20.5 Å². The molecule has 0 bridgehead atoms. The third-order valence-corrected chi connectivity index (χ3v) is 2.67. The Kier molecular flexibility index (Phi) is 3.75. The number of ether oxygens (including phenoxy) is 2. The second-order valence-corrected chi connectivity index (χ2v) is 3.93. The van der Waals surface area contributed by atoms with E-state index in [9.17, 15) is 4.39 Å². The fraction of sp³-hybridized carbons (Fsp3) is 0.143. The highest BCUT2D eigenvalue weighted by Crippen LogP contribution is 2.30. The molecule has 19 heavy (non-hydrogen) atoms. The Morgan fingerprint density at radius 1 is 1.11 bits per heavy atom. The predicted molar refractivity (Wildman–Crippen MR) is 73.6 cm³/mol. The number of nitrogens with one attached hydrogen (secondary N) is 1. The second kappa shape index (κ2) is 5.48. The van der Waals surface area contributed by atoms with Crippen molar-refractivity contribution in [1.29, 1.82) is 0 Å². The molecule has 5 heteroatoms. The normalized spacial score (nSPS) is 10.1. The van der Waals surface area contributed by atoms with Crippen LogP contribution in [0.3, 0.4) is 0 Å². The van der Waals surface area contributed by atoms with Crippen LogP contribution in [0.1, 0.15) is 0 Å². The van der Waals surface area contributed by atoms with Gasteiger partial charge in [-0.1, -0.05) is 6.07 Å². The van der Waals surface area contributed by atoms with Crippen molar-refractivity contribution in [3.8, 4) is 11.5 Å². The second-order valence-electron chi connectivity index (χ2n) is 3.93. The van der Waals surface area contributed by atoms with Gasteiger partial charge in [0.2, 0.25) is 0 Å². The van der Waals surface area contributed by atoms with E-state index in [-0.39, 0.29) is 5.69 Å². The first-order valence-corrected chi connectivity index (χ1v) is 5.68. The van der Waals surface area contributed by atoms with E-state index >= 15 is 0 Å². The Labute approximate surface area is 111 Å². The highest BCUT2D eigenvalue weighted by Gasteiger charge is 2.09. The summed E-state index contributed by atoms with van der Waals surface area (Å²) in [6.45, 7) is 0. The number of hydrogen-bond donors (Lipinski definition) is 2. The third-order valence-electron chi connectivity index (χ3n) is 2.67. The summed E-state index contributed by atoms with van der Waals surface area (Å²) in [5.74, 6) is 0.667. The van der Waals surface area contributed by atoms with Crippen molar-refractivity contribution in [2.45, 2.75) is 0 Å². The Hall–Kier alpha value is -2.43. The van der Waals surface area contributed by atoms with Crippen molar-refractivity contribution in [3.05, 3.63) is 42.2 Å². The maximum absolute atomic E-state index is 13.8. The lowest BCUT2D eigenvalue weighted by atomic mass is 10.2. The van der Waals surface area contributed by atoms with E-state index < -0.39 is 5.82 Å². The Bertz CT molecular complexity index is 588. The molecule has 0 aliphatic heterocycles. The van der Waals surface area contributed by atoms with E-state index in [0.717, 1.165) is 0 Å². The summed E-state index contributed by atoms with van der Waals surface area (Å²) in [5.41, 5.74) is 6.89. The number of anilines is 3. The first-order chi connectivity index (χ1) is 9.13. The third kappa shape index (κ3) is 2.88. The smallest absolute Gasteiger partial charge is 0.148 e. The van der Waals surface area contributed by atoms with Crippen molar-refractivity contribution < 1.29 is 13.9 Å². The Morgan fingerprint density at radius 3 is 2.58 bits per heavy atom. The van der Waals surface area contributed by atoms with Crippen LogP contribution in [0, 0.1) is 5.82 Å². The van der Waals surface area contributed by atoms with Crippen molar-refractivity contribution in [1.82, 2.24) is 0 Å². The van der Waals surface area contributed by atoms with Gasteiger partial charge < -0.3 is 20.5 Å². The molecule has 0 heterocycles. The minimum atomic E-state index is -0.443. The van der Waals surface area contributed by atoms with Crippen LogP contribution in [0.4, 0.5) is 21.5 Å². The summed E-state index contributed by atoms with van der Waals surface area (Å²) >= 11 is 0.